The predicted molar refractivity (Wildman–Crippen MR) is 124 cm³/mol. The molecule has 0 spiro atoms. The van der Waals surface area contributed by atoms with E-state index < -0.39 is 15.4 Å². The summed E-state index contributed by atoms with van der Waals surface area (Å²) in [5, 5.41) is 0.841. The summed E-state index contributed by atoms with van der Waals surface area (Å²) in [6.07, 6.45) is 4.93. The van der Waals surface area contributed by atoms with Gasteiger partial charge in [0, 0.05) is 28.9 Å². The Balaban J connectivity index is 1.73. The number of benzene rings is 2. The summed E-state index contributed by atoms with van der Waals surface area (Å²) in [6.45, 7) is 0.0882. The minimum atomic E-state index is -2.28. The van der Waals surface area contributed by atoms with Gasteiger partial charge in [-0.15, -0.1) is 0 Å². The van der Waals surface area contributed by atoms with E-state index in [9.17, 15) is 9.00 Å². The summed E-state index contributed by atoms with van der Waals surface area (Å²) in [6, 6.07) is 18.4. The van der Waals surface area contributed by atoms with E-state index in [2.05, 4.69) is 15.8 Å². The SMILES string of the molecule is C=S(C)(=O)c1ccc(-c2cc(OCc3ncccc3C(N)=O)c3cccnc3c2)cc1. The second-order valence-corrected chi connectivity index (χ2v) is 9.71. The van der Waals surface area contributed by atoms with Crippen molar-refractivity contribution in [3.8, 4) is 16.9 Å². The molecule has 0 aliphatic carbocycles. The normalized spacial score (nSPS) is 12.9. The number of nitrogens with two attached hydrogens (primary N) is 1. The van der Waals surface area contributed by atoms with E-state index in [4.69, 9.17) is 10.5 Å². The number of primary amides is 1. The molecule has 1 amide bonds. The smallest absolute Gasteiger partial charge is 0.250 e. The molecular formula is C24H21N3O3S. The van der Waals surface area contributed by atoms with Gasteiger partial charge >= 0.3 is 0 Å². The highest BCUT2D eigenvalue weighted by atomic mass is 32.2. The fourth-order valence-corrected chi connectivity index (χ4v) is 4.01. The van der Waals surface area contributed by atoms with Crippen LogP contribution >= 0.6 is 0 Å². The van der Waals surface area contributed by atoms with Gasteiger partial charge in [-0.3, -0.25) is 19.0 Å². The quantitative estimate of drug-likeness (QED) is 0.470. The first-order valence-electron chi connectivity index (χ1n) is 9.51. The molecule has 1 atom stereocenters. The zero-order chi connectivity index (χ0) is 22.0. The third-order valence-electron chi connectivity index (χ3n) is 4.89. The van der Waals surface area contributed by atoms with Gasteiger partial charge in [-0.2, -0.15) is 0 Å². The van der Waals surface area contributed by atoms with Crippen LogP contribution in [0.5, 0.6) is 5.75 Å². The largest absolute Gasteiger partial charge is 0.487 e. The van der Waals surface area contributed by atoms with Crippen LogP contribution in [-0.2, 0) is 16.1 Å². The third-order valence-corrected chi connectivity index (χ3v) is 6.16. The Labute approximate surface area is 180 Å². The Morgan fingerprint density at radius 3 is 2.45 bits per heavy atom. The lowest BCUT2D eigenvalue weighted by molar-refractivity contribution is 0.0997. The lowest BCUT2D eigenvalue weighted by Gasteiger charge is -2.13. The maximum Gasteiger partial charge on any atom is 0.250 e. The van der Waals surface area contributed by atoms with Crippen LogP contribution in [0.1, 0.15) is 16.1 Å². The van der Waals surface area contributed by atoms with Crippen molar-refractivity contribution < 1.29 is 13.7 Å². The van der Waals surface area contributed by atoms with Gasteiger partial charge in [0.1, 0.15) is 12.4 Å². The Morgan fingerprint density at radius 2 is 1.74 bits per heavy atom. The van der Waals surface area contributed by atoms with Crippen LogP contribution in [-0.4, -0.2) is 32.2 Å². The molecule has 0 aliphatic heterocycles. The first kappa shape index (κ1) is 20.6. The van der Waals surface area contributed by atoms with Gasteiger partial charge < -0.3 is 10.5 Å². The van der Waals surface area contributed by atoms with Crippen LogP contribution in [0.15, 0.2) is 78.0 Å². The molecule has 4 rings (SSSR count). The van der Waals surface area contributed by atoms with Crippen molar-refractivity contribution >= 4 is 32.2 Å². The molecule has 0 radical (unpaired) electrons. The molecule has 7 heteroatoms. The Morgan fingerprint density at radius 1 is 1.03 bits per heavy atom. The van der Waals surface area contributed by atoms with E-state index in [0.29, 0.717) is 21.9 Å². The number of pyridine rings is 2. The van der Waals surface area contributed by atoms with Crippen LogP contribution in [0, 0.1) is 0 Å². The van der Waals surface area contributed by atoms with Crippen molar-refractivity contribution in [2.45, 2.75) is 11.5 Å². The van der Waals surface area contributed by atoms with Crippen molar-refractivity contribution in [2.24, 2.45) is 5.73 Å². The first-order valence-corrected chi connectivity index (χ1v) is 11.6. The topological polar surface area (TPSA) is 95.2 Å². The number of amides is 1. The number of hydrogen-bond donors (Lipinski definition) is 1. The molecule has 0 aliphatic rings. The van der Waals surface area contributed by atoms with E-state index in [1.165, 1.54) is 0 Å². The maximum absolute atomic E-state index is 12.2. The first-order chi connectivity index (χ1) is 14.8. The monoisotopic (exact) mass is 431 g/mol. The number of hydrogen-bond acceptors (Lipinski definition) is 5. The highest BCUT2D eigenvalue weighted by Crippen LogP contribution is 2.32. The predicted octanol–water partition coefficient (Wildman–Crippen LogP) is 3.68. The molecule has 6 nitrogen and oxygen atoms in total. The second kappa shape index (κ2) is 8.20. The molecule has 0 fully saturated rings. The molecule has 2 heterocycles. The standard InChI is InChI=1S/C24H21N3O3S/c1-31(2,29)18-9-7-16(8-10-18)17-13-21-19(5-3-11-26-21)23(14-17)30-15-22-20(24(25)28)6-4-12-27-22/h3-14H,1,15H2,2H3,(H2,25,28). The Bertz CT molecular complexity index is 1380. The number of carbonyl (C=O) groups excluding carboxylic acids is 1. The second-order valence-electron chi connectivity index (χ2n) is 7.22. The van der Waals surface area contributed by atoms with Crippen molar-refractivity contribution in [3.63, 3.8) is 0 Å². The summed E-state index contributed by atoms with van der Waals surface area (Å²) in [4.78, 5) is 21.1. The highest BCUT2D eigenvalue weighted by Gasteiger charge is 2.12. The third kappa shape index (κ3) is 4.41. The van der Waals surface area contributed by atoms with E-state index in [1.54, 1.807) is 30.8 Å². The fourth-order valence-electron chi connectivity index (χ4n) is 3.29. The Kier molecular flexibility index (Phi) is 5.44. The van der Waals surface area contributed by atoms with Crippen LogP contribution in [0.25, 0.3) is 22.0 Å². The zero-order valence-electron chi connectivity index (χ0n) is 16.9. The summed E-state index contributed by atoms with van der Waals surface area (Å²) >= 11 is 0. The molecule has 2 N–H and O–H groups in total. The van der Waals surface area contributed by atoms with Gasteiger partial charge in [-0.25, -0.2) is 0 Å². The van der Waals surface area contributed by atoms with Crippen molar-refractivity contribution in [1.29, 1.82) is 0 Å². The van der Waals surface area contributed by atoms with Crippen molar-refractivity contribution in [3.05, 3.63) is 84.3 Å². The van der Waals surface area contributed by atoms with E-state index in [-0.39, 0.29) is 6.61 Å². The summed E-state index contributed by atoms with van der Waals surface area (Å²) < 4.78 is 18.3. The lowest BCUT2D eigenvalue weighted by atomic mass is 10.0. The molecule has 0 saturated carbocycles. The van der Waals surface area contributed by atoms with Crippen LogP contribution in [0.3, 0.4) is 0 Å². The number of nitrogens with zero attached hydrogens (tertiary/aromatic N) is 2. The summed E-state index contributed by atoms with van der Waals surface area (Å²) in [5.74, 6) is 3.79. The van der Waals surface area contributed by atoms with Gasteiger partial charge in [-0.05, 0) is 75.0 Å². The lowest BCUT2D eigenvalue weighted by Crippen LogP contribution is -2.15. The minimum absolute atomic E-state index is 0.0882. The number of carbonyl (C=O) groups is 1. The van der Waals surface area contributed by atoms with Gasteiger partial charge in [-0.1, -0.05) is 12.1 Å². The van der Waals surface area contributed by atoms with Gasteiger partial charge in [0.05, 0.1) is 16.8 Å². The molecule has 1 unspecified atom stereocenters. The fraction of sp³-hybridized carbons (Fsp3) is 0.0833. The van der Waals surface area contributed by atoms with Crippen molar-refractivity contribution in [2.75, 3.05) is 6.26 Å². The average molecular weight is 432 g/mol. The molecule has 31 heavy (non-hydrogen) atoms. The number of ether oxygens (including phenoxy) is 1. The molecule has 2 aromatic heterocycles. The van der Waals surface area contributed by atoms with Gasteiger partial charge in [0.25, 0.3) is 5.91 Å². The van der Waals surface area contributed by atoms with Gasteiger partial charge in [0.2, 0.25) is 0 Å². The van der Waals surface area contributed by atoms with Crippen molar-refractivity contribution in [1.82, 2.24) is 9.97 Å². The highest BCUT2D eigenvalue weighted by molar-refractivity contribution is 7.99. The molecular weight excluding hydrogens is 410 g/mol. The van der Waals surface area contributed by atoms with E-state index in [0.717, 1.165) is 22.0 Å². The number of fused-ring (bicyclic) bond motifs is 1. The molecule has 156 valence electrons. The molecule has 4 aromatic rings. The minimum Gasteiger partial charge on any atom is -0.487 e. The van der Waals surface area contributed by atoms with Crippen LogP contribution in [0.2, 0.25) is 0 Å². The maximum atomic E-state index is 12.2. The molecule has 0 saturated heterocycles. The van der Waals surface area contributed by atoms with E-state index in [1.807, 2.05) is 48.5 Å². The number of aromatic nitrogens is 2. The molecule has 0 bridgehead atoms. The Hall–Kier alpha value is -3.71. The van der Waals surface area contributed by atoms with E-state index >= 15 is 0 Å². The summed E-state index contributed by atoms with van der Waals surface area (Å²) in [7, 11) is -2.28. The number of rotatable bonds is 6. The molecule has 2 aromatic carbocycles. The van der Waals surface area contributed by atoms with Crippen LogP contribution < -0.4 is 10.5 Å². The van der Waals surface area contributed by atoms with Gasteiger partial charge in [0.15, 0.2) is 0 Å². The zero-order valence-corrected chi connectivity index (χ0v) is 17.8. The summed E-state index contributed by atoms with van der Waals surface area (Å²) in [5.41, 5.74) is 8.84. The van der Waals surface area contributed by atoms with Crippen LogP contribution in [0.4, 0.5) is 0 Å². The average Bonchev–Trinajstić information content (AvgIpc) is 2.77.